The van der Waals surface area contributed by atoms with Crippen LogP contribution in [0.15, 0.2) is 61.2 Å². The highest BCUT2D eigenvalue weighted by Gasteiger charge is 2.15. The Balaban J connectivity index is 1.74. The number of carbonyl (C=O) groups is 1. The van der Waals surface area contributed by atoms with E-state index in [1.165, 1.54) is 17.3 Å². The topological polar surface area (TPSA) is 59.8 Å². The first-order valence-electron chi connectivity index (χ1n) is 7.61. The minimum absolute atomic E-state index is 0.105. The lowest BCUT2D eigenvalue weighted by atomic mass is 10.00. The lowest BCUT2D eigenvalue weighted by Gasteiger charge is -2.14. The van der Waals surface area contributed by atoms with Gasteiger partial charge in [0.2, 0.25) is 5.91 Å². The molecule has 24 heavy (non-hydrogen) atoms. The van der Waals surface area contributed by atoms with Gasteiger partial charge in [0, 0.05) is 11.6 Å². The van der Waals surface area contributed by atoms with E-state index in [0.717, 1.165) is 16.7 Å². The fourth-order valence-corrected chi connectivity index (χ4v) is 2.58. The molecular formula is C18H17ClN4O. The Labute approximate surface area is 145 Å². The maximum absolute atomic E-state index is 12.3. The zero-order chi connectivity index (χ0) is 16.9. The minimum Gasteiger partial charge on any atom is -0.350 e. The Morgan fingerprint density at radius 2 is 1.96 bits per heavy atom. The second-order valence-corrected chi connectivity index (χ2v) is 5.87. The van der Waals surface area contributed by atoms with Gasteiger partial charge >= 0.3 is 0 Å². The molecule has 0 aliphatic heterocycles. The highest BCUT2D eigenvalue weighted by atomic mass is 35.5. The molecule has 3 aromatic rings. The zero-order valence-electron chi connectivity index (χ0n) is 13.2. The Bertz CT molecular complexity index is 815. The maximum atomic E-state index is 12.3. The summed E-state index contributed by atoms with van der Waals surface area (Å²) in [6.07, 6.45) is 2.95. The lowest BCUT2D eigenvalue weighted by Crippen LogP contribution is -2.31. The van der Waals surface area contributed by atoms with Gasteiger partial charge < -0.3 is 5.32 Å². The van der Waals surface area contributed by atoms with E-state index in [2.05, 4.69) is 15.4 Å². The van der Waals surface area contributed by atoms with Crippen molar-refractivity contribution in [3.8, 4) is 11.1 Å². The molecule has 0 spiro atoms. The van der Waals surface area contributed by atoms with Crippen molar-refractivity contribution in [2.24, 2.45) is 0 Å². The van der Waals surface area contributed by atoms with E-state index in [9.17, 15) is 4.79 Å². The third-order valence-electron chi connectivity index (χ3n) is 3.84. The number of aromatic nitrogens is 3. The monoisotopic (exact) mass is 340 g/mol. The fraction of sp³-hybridized carbons (Fsp3) is 0.167. The van der Waals surface area contributed by atoms with Crippen LogP contribution in [0.3, 0.4) is 0 Å². The molecule has 1 amide bonds. The van der Waals surface area contributed by atoms with Crippen LogP contribution in [0.4, 0.5) is 0 Å². The molecule has 3 rings (SSSR count). The van der Waals surface area contributed by atoms with E-state index in [4.69, 9.17) is 11.6 Å². The number of halogens is 1. The third kappa shape index (κ3) is 3.63. The number of amides is 1. The van der Waals surface area contributed by atoms with Gasteiger partial charge in [-0.2, -0.15) is 5.10 Å². The van der Waals surface area contributed by atoms with Gasteiger partial charge in [0.05, 0.1) is 0 Å². The first-order valence-corrected chi connectivity index (χ1v) is 7.98. The molecule has 0 aliphatic carbocycles. The Kier molecular flexibility index (Phi) is 4.91. The second kappa shape index (κ2) is 7.27. The lowest BCUT2D eigenvalue weighted by molar-refractivity contribution is -0.124. The van der Waals surface area contributed by atoms with Gasteiger partial charge in [0.1, 0.15) is 18.7 Å². The predicted molar refractivity (Wildman–Crippen MR) is 93.5 cm³/mol. The molecule has 5 nitrogen and oxygen atoms in total. The van der Waals surface area contributed by atoms with E-state index in [0.29, 0.717) is 11.6 Å². The number of benzene rings is 2. The zero-order valence-corrected chi connectivity index (χ0v) is 13.9. The van der Waals surface area contributed by atoms with Crippen LogP contribution in [0, 0.1) is 0 Å². The van der Waals surface area contributed by atoms with Crippen LogP contribution in [-0.4, -0.2) is 20.7 Å². The Hall–Kier alpha value is -2.66. The van der Waals surface area contributed by atoms with Crippen molar-refractivity contribution in [3.05, 3.63) is 71.8 Å². The van der Waals surface area contributed by atoms with Crippen LogP contribution in [0.2, 0.25) is 5.02 Å². The molecule has 0 saturated carbocycles. The average Bonchev–Trinajstić information content (AvgIpc) is 3.14. The molecule has 0 bridgehead atoms. The molecule has 2 aromatic carbocycles. The fourth-order valence-electron chi connectivity index (χ4n) is 2.45. The molecule has 1 atom stereocenters. The molecule has 0 aliphatic rings. The van der Waals surface area contributed by atoms with E-state index in [1.807, 2.05) is 48.5 Å². The summed E-state index contributed by atoms with van der Waals surface area (Å²) in [7, 11) is 0. The van der Waals surface area contributed by atoms with Crippen LogP contribution in [0.1, 0.15) is 18.5 Å². The summed E-state index contributed by atoms with van der Waals surface area (Å²) in [5, 5.41) is 7.65. The van der Waals surface area contributed by atoms with Gasteiger partial charge in [-0.3, -0.25) is 4.79 Å². The summed E-state index contributed by atoms with van der Waals surface area (Å²) < 4.78 is 1.53. The van der Waals surface area contributed by atoms with Crippen molar-refractivity contribution in [1.82, 2.24) is 20.1 Å². The van der Waals surface area contributed by atoms with E-state index < -0.39 is 6.04 Å². The number of hydrogen-bond donors (Lipinski definition) is 1. The van der Waals surface area contributed by atoms with Gasteiger partial charge in [-0.15, -0.1) is 0 Å². The molecule has 0 saturated heterocycles. The summed E-state index contributed by atoms with van der Waals surface area (Å²) in [6, 6.07) is 15.2. The number of rotatable bonds is 5. The number of carbonyl (C=O) groups excluding carboxylic acids is 1. The predicted octanol–water partition coefficient (Wildman–Crippen LogP) is 3.48. The van der Waals surface area contributed by atoms with Crippen LogP contribution >= 0.6 is 11.6 Å². The van der Waals surface area contributed by atoms with Crippen LogP contribution in [-0.2, 0) is 11.3 Å². The summed E-state index contributed by atoms with van der Waals surface area (Å²) in [5.74, 6) is -0.105. The van der Waals surface area contributed by atoms with Crippen molar-refractivity contribution < 1.29 is 4.79 Å². The molecule has 1 heterocycles. The van der Waals surface area contributed by atoms with Gasteiger partial charge in [0.15, 0.2) is 0 Å². The molecule has 0 unspecified atom stereocenters. The summed E-state index contributed by atoms with van der Waals surface area (Å²) in [5.41, 5.74) is 3.18. The van der Waals surface area contributed by atoms with Gasteiger partial charge in [-0.25, -0.2) is 9.67 Å². The normalized spacial score (nSPS) is 11.9. The first kappa shape index (κ1) is 16.2. The van der Waals surface area contributed by atoms with Crippen molar-refractivity contribution in [1.29, 1.82) is 0 Å². The molecule has 0 fully saturated rings. The van der Waals surface area contributed by atoms with E-state index in [1.54, 1.807) is 6.92 Å². The molecule has 1 aromatic heterocycles. The average molecular weight is 341 g/mol. The van der Waals surface area contributed by atoms with E-state index in [-0.39, 0.29) is 5.91 Å². The summed E-state index contributed by atoms with van der Waals surface area (Å²) >= 11 is 5.95. The van der Waals surface area contributed by atoms with Crippen molar-refractivity contribution in [2.75, 3.05) is 0 Å². The van der Waals surface area contributed by atoms with Crippen LogP contribution < -0.4 is 5.32 Å². The standard InChI is InChI=1S/C18H17ClN4O/c1-13(23-12-20-11-22-23)18(24)21-10-15-4-2-3-5-17(15)14-6-8-16(19)9-7-14/h2-9,11-13H,10H2,1H3,(H,21,24)/t13-/m1/s1. The highest BCUT2D eigenvalue weighted by molar-refractivity contribution is 6.30. The van der Waals surface area contributed by atoms with Crippen molar-refractivity contribution in [3.63, 3.8) is 0 Å². The number of hydrogen-bond acceptors (Lipinski definition) is 3. The summed E-state index contributed by atoms with van der Waals surface area (Å²) in [4.78, 5) is 16.2. The molecular weight excluding hydrogens is 324 g/mol. The quantitative estimate of drug-likeness (QED) is 0.773. The minimum atomic E-state index is -0.407. The number of nitrogens with one attached hydrogen (secondary N) is 1. The van der Waals surface area contributed by atoms with Gasteiger partial charge in [0.25, 0.3) is 0 Å². The summed E-state index contributed by atoms with van der Waals surface area (Å²) in [6.45, 7) is 2.23. The second-order valence-electron chi connectivity index (χ2n) is 5.43. The van der Waals surface area contributed by atoms with Gasteiger partial charge in [-0.1, -0.05) is 48.0 Å². The molecule has 1 N–H and O–H groups in total. The Morgan fingerprint density at radius 3 is 2.67 bits per heavy atom. The van der Waals surface area contributed by atoms with Crippen molar-refractivity contribution in [2.45, 2.75) is 19.5 Å². The SMILES string of the molecule is C[C@H](C(=O)NCc1ccccc1-c1ccc(Cl)cc1)n1cncn1. The largest absolute Gasteiger partial charge is 0.350 e. The molecule has 0 radical (unpaired) electrons. The smallest absolute Gasteiger partial charge is 0.244 e. The van der Waals surface area contributed by atoms with Crippen LogP contribution in [0.25, 0.3) is 11.1 Å². The molecule has 122 valence electrons. The highest BCUT2D eigenvalue weighted by Crippen LogP contribution is 2.25. The first-order chi connectivity index (χ1) is 11.6. The van der Waals surface area contributed by atoms with Crippen molar-refractivity contribution >= 4 is 17.5 Å². The molecule has 6 heteroatoms. The number of nitrogens with zero attached hydrogens (tertiary/aromatic N) is 3. The van der Waals surface area contributed by atoms with Gasteiger partial charge in [-0.05, 0) is 35.7 Å². The third-order valence-corrected chi connectivity index (χ3v) is 4.09. The Morgan fingerprint density at radius 1 is 1.21 bits per heavy atom. The van der Waals surface area contributed by atoms with E-state index >= 15 is 0 Å². The van der Waals surface area contributed by atoms with Crippen LogP contribution in [0.5, 0.6) is 0 Å². The maximum Gasteiger partial charge on any atom is 0.244 e.